The molecule has 1 unspecified atom stereocenters. The van der Waals surface area contributed by atoms with Crippen LogP contribution in [0.25, 0.3) is 0 Å². The van der Waals surface area contributed by atoms with Crippen molar-refractivity contribution in [1.82, 2.24) is 5.32 Å². The smallest absolute Gasteiger partial charge is 0.252 e. The predicted molar refractivity (Wildman–Crippen MR) is 60.3 cm³/mol. The summed E-state index contributed by atoms with van der Waals surface area (Å²) in [6.07, 6.45) is 5.70. The fourth-order valence-electron chi connectivity index (χ4n) is 1.57. The fourth-order valence-corrected chi connectivity index (χ4v) is 1.57. The van der Waals surface area contributed by atoms with E-state index < -0.39 is 0 Å². The van der Waals surface area contributed by atoms with E-state index in [0.29, 0.717) is 6.61 Å². The summed E-state index contributed by atoms with van der Waals surface area (Å²) in [6, 6.07) is 0. The molecule has 0 aromatic carbocycles. The van der Waals surface area contributed by atoms with Gasteiger partial charge in [-0.2, -0.15) is 0 Å². The summed E-state index contributed by atoms with van der Waals surface area (Å²) < 4.78 is 5.25. The molecule has 0 fully saturated rings. The first-order valence-corrected chi connectivity index (χ1v) is 5.43. The van der Waals surface area contributed by atoms with Crippen LogP contribution in [0, 0.1) is 0 Å². The first kappa shape index (κ1) is 12.0. The van der Waals surface area contributed by atoms with E-state index in [1.54, 1.807) is 0 Å². The normalized spacial score (nSPS) is 17.8. The van der Waals surface area contributed by atoms with Crippen LogP contribution in [-0.2, 0) is 9.53 Å². The van der Waals surface area contributed by atoms with Gasteiger partial charge in [0.25, 0.3) is 5.91 Å². The molecule has 1 amide bonds. The Morgan fingerprint density at radius 1 is 1.67 bits per heavy atom. The van der Waals surface area contributed by atoms with Gasteiger partial charge in [0.1, 0.15) is 6.23 Å². The van der Waals surface area contributed by atoms with Crippen molar-refractivity contribution in [2.24, 2.45) is 0 Å². The molecule has 0 heterocycles. The van der Waals surface area contributed by atoms with Crippen molar-refractivity contribution in [2.45, 2.75) is 39.8 Å². The zero-order chi connectivity index (χ0) is 11.3. The summed E-state index contributed by atoms with van der Waals surface area (Å²) in [6.45, 7) is 6.40. The van der Waals surface area contributed by atoms with Crippen molar-refractivity contribution in [3.8, 4) is 0 Å². The summed E-state index contributed by atoms with van der Waals surface area (Å²) >= 11 is 0. The molecule has 1 atom stereocenters. The largest absolute Gasteiger partial charge is 0.359 e. The molecule has 15 heavy (non-hydrogen) atoms. The minimum atomic E-state index is -0.223. The molecule has 3 heteroatoms. The van der Waals surface area contributed by atoms with Crippen LogP contribution in [0.1, 0.15) is 33.6 Å². The van der Waals surface area contributed by atoms with Gasteiger partial charge < -0.3 is 10.1 Å². The van der Waals surface area contributed by atoms with Crippen LogP contribution < -0.4 is 5.32 Å². The second kappa shape index (κ2) is 5.71. The summed E-state index contributed by atoms with van der Waals surface area (Å²) in [5.41, 5.74) is 2.01. The standard InChI is InChI=1S/C12H19NO2/c1-4-15-10(3)13-12(14)11-7-5-6-9(2)8-11/h7-8,10H,4-6H2,1-3H3,(H,13,14). The highest BCUT2D eigenvalue weighted by Crippen LogP contribution is 2.16. The van der Waals surface area contributed by atoms with Crippen LogP contribution in [0.15, 0.2) is 23.3 Å². The average Bonchev–Trinajstić information content (AvgIpc) is 2.18. The Labute approximate surface area is 91.2 Å². The summed E-state index contributed by atoms with van der Waals surface area (Å²) in [5.74, 6) is -0.0463. The van der Waals surface area contributed by atoms with Crippen LogP contribution in [0.2, 0.25) is 0 Å². The van der Waals surface area contributed by atoms with Crippen molar-refractivity contribution < 1.29 is 9.53 Å². The van der Waals surface area contributed by atoms with Crippen LogP contribution in [0.4, 0.5) is 0 Å². The molecular formula is C12H19NO2. The molecule has 0 saturated carbocycles. The third-order valence-corrected chi connectivity index (χ3v) is 2.32. The molecule has 0 aromatic rings. The van der Waals surface area contributed by atoms with Gasteiger partial charge in [-0.25, -0.2) is 0 Å². The maximum atomic E-state index is 11.7. The molecule has 0 radical (unpaired) electrons. The number of hydrogen-bond donors (Lipinski definition) is 1. The Hall–Kier alpha value is -1.09. The summed E-state index contributed by atoms with van der Waals surface area (Å²) in [7, 11) is 0. The highest BCUT2D eigenvalue weighted by atomic mass is 16.5. The lowest BCUT2D eigenvalue weighted by Crippen LogP contribution is -2.35. The van der Waals surface area contributed by atoms with Gasteiger partial charge >= 0.3 is 0 Å². The lowest BCUT2D eigenvalue weighted by Gasteiger charge is -2.16. The van der Waals surface area contributed by atoms with Gasteiger partial charge in [0, 0.05) is 12.2 Å². The van der Waals surface area contributed by atoms with Gasteiger partial charge in [-0.1, -0.05) is 17.7 Å². The predicted octanol–water partition coefficient (Wildman–Crippen LogP) is 2.15. The molecular weight excluding hydrogens is 190 g/mol. The Bertz CT molecular complexity index is 292. The lowest BCUT2D eigenvalue weighted by atomic mass is 10.0. The second-order valence-electron chi connectivity index (χ2n) is 3.76. The molecule has 0 aliphatic heterocycles. The molecule has 0 aromatic heterocycles. The highest BCUT2D eigenvalue weighted by Gasteiger charge is 2.12. The first-order chi connectivity index (χ1) is 7.13. The van der Waals surface area contributed by atoms with Crippen molar-refractivity contribution in [2.75, 3.05) is 6.61 Å². The van der Waals surface area contributed by atoms with Gasteiger partial charge in [-0.15, -0.1) is 0 Å². The number of amides is 1. The molecule has 1 aliphatic rings. The SMILES string of the molecule is CCOC(C)NC(=O)C1=CCCC(C)=C1. The monoisotopic (exact) mass is 209 g/mol. The van der Waals surface area contributed by atoms with Crippen LogP contribution in [0.5, 0.6) is 0 Å². The number of nitrogens with one attached hydrogen (secondary N) is 1. The summed E-state index contributed by atoms with van der Waals surface area (Å²) in [5, 5.41) is 2.80. The highest BCUT2D eigenvalue weighted by molar-refractivity contribution is 5.96. The Morgan fingerprint density at radius 2 is 2.40 bits per heavy atom. The number of ether oxygens (including phenoxy) is 1. The number of hydrogen-bond acceptors (Lipinski definition) is 2. The molecule has 3 nitrogen and oxygen atoms in total. The van der Waals surface area contributed by atoms with Gasteiger partial charge in [0.05, 0.1) is 0 Å². The third-order valence-electron chi connectivity index (χ3n) is 2.32. The quantitative estimate of drug-likeness (QED) is 0.720. The van der Waals surface area contributed by atoms with Gasteiger partial charge in [0.15, 0.2) is 0 Å². The third kappa shape index (κ3) is 3.88. The molecule has 1 N–H and O–H groups in total. The number of rotatable bonds is 4. The zero-order valence-electron chi connectivity index (χ0n) is 9.67. The van der Waals surface area contributed by atoms with E-state index in [9.17, 15) is 4.79 Å². The molecule has 0 spiro atoms. The molecule has 0 saturated heterocycles. The molecule has 0 bridgehead atoms. The van der Waals surface area contributed by atoms with Gasteiger partial charge in [-0.05, 0) is 33.6 Å². The number of allylic oxidation sites excluding steroid dienone is 2. The van der Waals surface area contributed by atoms with Gasteiger partial charge in [0.2, 0.25) is 0 Å². The lowest BCUT2D eigenvalue weighted by molar-refractivity contribution is -0.120. The van der Waals surface area contributed by atoms with Crippen molar-refractivity contribution in [3.63, 3.8) is 0 Å². The first-order valence-electron chi connectivity index (χ1n) is 5.43. The molecule has 84 valence electrons. The van der Waals surface area contributed by atoms with E-state index >= 15 is 0 Å². The van der Waals surface area contributed by atoms with E-state index in [2.05, 4.69) is 5.32 Å². The van der Waals surface area contributed by atoms with E-state index in [0.717, 1.165) is 18.4 Å². The Morgan fingerprint density at radius 3 is 3.00 bits per heavy atom. The van der Waals surface area contributed by atoms with Crippen LogP contribution >= 0.6 is 0 Å². The second-order valence-corrected chi connectivity index (χ2v) is 3.76. The maximum Gasteiger partial charge on any atom is 0.252 e. The number of carbonyl (C=O) groups excluding carboxylic acids is 1. The van der Waals surface area contributed by atoms with E-state index in [1.807, 2.05) is 32.9 Å². The Balaban J connectivity index is 2.50. The van der Waals surface area contributed by atoms with Crippen molar-refractivity contribution in [3.05, 3.63) is 23.3 Å². The van der Waals surface area contributed by atoms with Crippen molar-refractivity contribution in [1.29, 1.82) is 0 Å². The van der Waals surface area contributed by atoms with Crippen LogP contribution in [0.3, 0.4) is 0 Å². The minimum absolute atomic E-state index is 0.0463. The van der Waals surface area contributed by atoms with E-state index in [4.69, 9.17) is 4.74 Å². The topological polar surface area (TPSA) is 38.3 Å². The van der Waals surface area contributed by atoms with E-state index in [-0.39, 0.29) is 12.1 Å². The van der Waals surface area contributed by atoms with Crippen LogP contribution in [-0.4, -0.2) is 18.7 Å². The Kier molecular flexibility index (Phi) is 4.56. The van der Waals surface area contributed by atoms with Gasteiger partial charge in [-0.3, -0.25) is 4.79 Å². The molecule has 1 rings (SSSR count). The fraction of sp³-hybridized carbons (Fsp3) is 0.583. The summed E-state index contributed by atoms with van der Waals surface area (Å²) in [4.78, 5) is 11.7. The minimum Gasteiger partial charge on any atom is -0.359 e. The molecule has 1 aliphatic carbocycles. The zero-order valence-corrected chi connectivity index (χ0v) is 9.67. The average molecular weight is 209 g/mol. The van der Waals surface area contributed by atoms with E-state index in [1.165, 1.54) is 5.57 Å². The number of carbonyl (C=O) groups is 1. The maximum absolute atomic E-state index is 11.7. The van der Waals surface area contributed by atoms with Crippen molar-refractivity contribution >= 4 is 5.91 Å².